The average Bonchev–Trinajstić information content (AvgIpc) is 2.03. The molecule has 2 N–H and O–H groups in total. The molecule has 1 aliphatic heterocycles. The van der Waals surface area contributed by atoms with E-state index in [1.807, 2.05) is 18.7 Å². The van der Waals surface area contributed by atoms with Crippen LogP contribution in [0.25, 0.3) is 0 Å². The first kappa shape index (κ1) is 10.7. The van der Waals surface area contributed by atoms with E-state index in [1.54, 1.807) is 0 Å². The maximum atomic E-state index is 10.9. The van der Waals surface area contributed by atoms with Gasteiger partial charge < -0.3 is 5.73 Å². The molecule has 1 atom stereocenters. The summed E-state index contributed by atoms with van der Waals surface area (Å²) in [6, 6.07) is 0.239. The van der Waals surface area contributed by atoms with Gasteiger partial charge in [-0.05, 0) is 20.3 Å². The van der Waals surface area contributed by atoms with Crippen LogP contribution in [0, 0.1) is 0 Å². The van der Waals surface area contributed by atoms with Crippen LogP contribution < -0.4 is 5.73 Å². The van der Waals surface area contributed by atoms with Gasteiger partial charge in [0.25, 0.3) is 0 Å². The third-order valence-corrected chi connectivity index (χ3v) is 3.10. The molecule has 13 heavy (non-hydrogen) atoms. The Morgan fingerprint density at radius 2 is 2.15 bits per heavy atom. The van der Waals surface area contributed by atoms with Gasteiger partial charge in [-0.3, -0.25) is 4.90 Å². The van der Waals surface area contributed by atoms with Crippen molar-refractivity contribution >= 4 is 15.3 Å². The van der Waals surface area contributed by atoms with Crippen LogP contribution in [0.5, 0.6) is 0 Å². The Balaban J connectivity index is 2.92. The molecule has 0 radical (unpaired) electrons. The number of piperidine rings is 1. The maximum Gasteiger partial charge on any atom is 0.228 e. The van der Waals surface area contributed by atoms with Crippen LogP contribution in [0.2, 0.25) is 0 Å². The van der Waals surface area contributed by atoms with Gasteiger partial charge in [0.1, 0.15) is 4.99 Å². The number of hydrogen-bond acceptors (Lipinski definition) is 3. The molecule has 0 aromatic rings. The van der Waals surface area contributed by atoms with Gasteiger partial charge in [0.2, 0.25) is 10.3 Å². The third kappa shape index (κ3) is 2.52. The van der Waals surface area contributed by atoms with Gasteiger partial charge in [0, 0.05) is 25.0 Å². The van der Waals surface area contributed by atoms with Gasteiger partial charge in [-0.25, -0.2) is 0 Å². The minimum absolute atomic E-state index is 0.00269. The molecule has 0 amide bonds. The molecule has 0 bridgehead atoms. The molecule has 1 rings (SSSR count). The lowest BCUT2D eigenvalue weighted by molar-refractivity contribution is 0.305. The molecule has 76 valence electrons. The van der Waals surface area contributed by atoms with E-state index >= 15 is 0 Å². The smallest absolute Gasteiger partial charge is 0.228 e. The molecule has 0 aromatic carbocycles. The molecule has 0 saturated carbocycles. The fraction of sp³-hybridized carbons (Fsp3) is 0.875. The number of nitrogens with two attached hydrogens (primary N) is 1. The molecule has 1 heterocycles. The lowest BCUT2D eigenvalue weighted by Gasteiger charge is -2.32. The molecule has 1 aliphatic rings. The lowest BCUT2D eigenvalue weighted by atomic mass is 10.0. The summed E-state index contributed by atoms with van der Waals surface area (Å²) in [6.07, 6.45) is 1.35. The van der Waals surface area contributed by atoms with E-state index in [-0.39, 0.29) is 12.1 Å². The number of likely N-dealkylation sites (tertiary alicyclic amines) is 1. The fourth-order valence-corrected chi connectivity index (χ4v) is 2.43. The summed E-state index contributed by atoms with van der Waals surface area (Å²) < 4.78 is 21.8. The SMILES string of the molecule is CC(C)N1CCC(N)CC1=S(=O)=O. The molecule has 0 spiro atoms. The van der Waals surface area contributed by atoms with Gasteiger partial charge in [-0.2, -0.15) is 8.42 Å². The van der Waals surface area contributed by atoms with Crippen LogP contribution in [0.4, 0.5) is 0 Å². The second kappa shape index (κ2) is 4.21. The highest BCUT2D eigenvalue weighted by molar-refractivity contribution is 7.72. The Morgan fingerprint density at radius 3 is 2.62 bits per heavy atom. The Labute approximate surface area is 80.2 Å². The van der Waals surface area contributed by atoms with Crippen LogP contribution in [-0.4, -0.2) is 36.9 Å². The molecule has 5 heteroatoms. The fourth-order valence-electron chi connectivity index (χ4n) is 1.58. The number of nitrogens with zero attached hydrogens (tertiary/aromatic N) is 1. The second-order valence-electron chi connectivity index (χ2n) is 3.67. The summed E-state index contributed by atoms with van der Waals surface area (Å²) in [5.41, 5.74) is 5.70. The zero-order chi connectivity index (χ0) is 10.0. The summed E-state index contributed by atoms with van der Waals surface area (Å²) in [5.74, 6) is 0. The Morgan fingerprint density at radius 1 is 1.54 bits per heavy atom. The van der Waals surface area contributed by atoms with Crippen molar-refractivity contribution in [1.29, 1.82) is 0 Å². The minimum Gasteiger partial charge on any atom is -0.327 e. The van der Waals surface area contributed by atoms with Crippen molar-refractivity contribution in [2.24, 2.45) is 5.73 Å². The van der Waals surface area contributed by atoms with Crippen LogP contribution in [0.3, 0.4) is 0 Å². The van der Waals surface area contributed by atoms with Crippen LogP contribution in [0.15, 0.2) is 0 Å². The predicted molar refractivity (Wildman–Crippen MR) is 53.0 cm³/mol. The Kier molecular flexibility index (Phi) is 3.47. The summed E-state index contributed by atoms with van der Waals surface area (Å²) in [5, 5.41) is 0. The normalized spacial score (nSPS) is 25.2. The van der Waals surface area contributed by atoms with Crippen LogP contribution >= 0.6 is 0 Å². The predicted octanol–water partition coefficient (Wildman–Crippen LogP) is -0.173. The van der Waals surface area contributed by atoms with Crippen molar-refractivity contribution in [1.82, 2.24) is 4.90 Å². The first-order valence-electron chi connectivity index (χ1n) is 4.49. The Hall–Kier alpha value is -0.390. The highest BCUT2D eigenvalue weighted by Gasteiger charge is 2.25. The van der Waals surface area contributed by atoms with E-state index in [1.165, 1.54) is 0 Å². The van der Waals surface area contributed by atoms with E-state index in [2.05, 4.69) is 0 Å². The van der Waals surface area contributed by atoms with E-state index in [4.69, 9.17) is 5.73 Å². The quantitative estimate of drug-likeness (QED) is 0.602. The van der Waals surface area contributed by atoms with Crippen LogP contribution in [0.1, 0.15) is 26.7 Å². The van der Waals surface area contributed by atoms with Gasteiger partial charge in [-0.15, -0.1) is 0 Å². The van der Waals surface area contributed by atoms with Crippen molar-refractivity contribution in [3.8, 4) is 0 Å². The van der Waals surface area contributed by atoms with Crippen molar-refractivity contribution in [2.45, 2.75) is 38.8 Å². The van der Waals surface area contributed by atoms with Crippen molar-refractivity contribution in [2.75, 3.05) is 6.54 Å². The lowest BCUT2D eigenvalue weighted by Crippen LogP contribution is -2.47. The highest BCUT2D eigenvalue weighted by Crippen LogP contribution is 2.13. The topological polar surface area (TPSA) is 63.4 Å². The van der Waals surface area contributed by atoms with E-state index in [0.29, 0.717) is 11.4 Å². The summed E-state index contributed by atoms with van der Waals surface area (Å²) in [4.78, 5) is 2.38. The first-order valence-corrected chi connectivity index (χ1v) is 5.57. The summed E-state index contributed by atoms with van der Waals surface area (Å²) >= 11 is 0. The number of hydrogen-bond donors (Lipinski definition) is 1. The summed E-state index contributed by atoms with van der Waals surface area (Å²) in [7, 11) is -2.11. The van der Waals surface area contributed by atoms with Crippen molar-refractivity contribution in [3.63, 3.8) is 0 Å². The van der Waals surface area contributed by atoms with E-state index in [0.717, 1.165) is 13.0 Å². The molecule has 1 unspecified atom stereocenters. The average molecular weight is 204 g/mol. The van der Waals surface area contributed by atoms with Crippen LogP contribution in [-0.2, 0) is 10.3 Å². The zero-order valence-electron chi connectivity index (χ0n) is 8.03. The zero-order valence-corrected chi connectivity index (χ0v) is 8.84. The number of rotatable bonds is 1. The van der Waals surface area contributed by atoms with Gasteiger partial charge in [0.05, 0.1) is 0 Å². The van der Waals surface area contributed by atoms with E-state index < -0.39 is 10.3 Å². The maximum absolute atomic E-state index is 10.9. The van der Waals surface area contributed by atoms with Crippen molar-refractivity contribution < 1.29 is 8.42 Å². The largest absolute Gasteiger partial charge is 0.327 e. The molecule has 0 aliphatic carbocycles. The Bertz CT molecular complexity index is 300. The molecule has 1 fully saturated rings. The second-order valence-corrected chi connectivity index (χ2v) is 4.61. The molecular formula is C8H16N2O2S. The molecule has 1 saturated heterocycles. The van der Waals surface area contributed by atoms with Gasteiger partial charge in [0.15, 0.2) is 0 Å². The highest BCUT2D eigenvalue weighted by atomic mass is 32.2. The van der Waals surface area contributed by atoms with Gasteiger partial charge in [-0.1, -0.05) is 0 Å². The molecule has 4 nitrogen and oxygen atoms in total. The molecule has 0 aromatic heterocycles. The van der Waals surface area contributed by atoms with E-state index in [9.17, 15) is 8.42 Å². The minimum atomic E-state index is -2.11. The standard InChI is InChI=1S/C8H16N2O2S/c1-6(2)10-4-3-7(9)5-8(10)13(11)12/h6-7H,3-5,9H2,1-2H3. The van der Waals surface area contributed by atoms with Crippen molar-refractivity contribution in [3.05, 3.63) is 0 Å². The summed E-state index contributed by atoms with van der Waals surface area (Å²) in [6.45, 7) is 4.73. The molecular weight excluding hydrogens is 188 g/mol. The van der Waals surface area contributed by atoms with Gasteiger partial charge >= 0.3 is 0 Å². The first-order chi connectivity index (χ1) is 6.02. The monoisotopic (exact) mass is 204 g/mol. The third-order valence-electron chi connectivity index (χ3n) is 2.31.